The third-order valence-corrected chi connectivity index (χ3v) is 5.65. The number of aliphatic imine (C=N–C) groups is 2. The van der Waals surface area contributed by atoms with Crippen LogP contribution in [-0.2, 0) is 4.79 Å². The maximum absolute atomic E-state index is 13.4. The van der Waals surface area contributed by atoms with E-state index in [0.29, 0.717) is 23.4 Å². The molecule has 32 heavy (non-hydrogen) atoms. The number of carbonyl (C=O) groups excluding carboxylic acids is 1. The Bertz CT molecular complexity index is 1130. The fourth-order valence-electron chi connectivity index (χ4n) is 3.05. The number of amides is 1. The molecule has 1 amide bonds. The molecule has 1 heterocycles. The minimum Gasteiger partial charge on any atom is -0.497 e. The number of hydrogen-bond donors (Lipinski definition) is 1. The molecule has 6 nitrogen and oxygen atoms in total. The molecule has 0 aliphatic carbocycles. The van der Waals surface area contributed by atoms with Crippen LogP contribution in [0.25, 0.3) is 0 Å². The quantitative estimate of drug-likeness (QED) is 0.589. The molecule has 3 aromatic carbocycles. The van der Waals surface area contributed by atoms with Gasteiger partial charge in [0.25, 0.3) is 0 Å². The Morgan fingerprint density at radius 2 is 1.78 bits per heavy atom. The van der Waals surface area contributed by atoms with Gasteiger partial charge in [0.2, 0.25) is 5.91 Å². The fourth-order valence-corrected chi connectivity index (χ4v) is 3.85. The van der Waals surface area contributed by atoms with Gasteiger partial charge >= 0.3 is 0 Å². The van der Waals surface area contributed by atoms with Gasteiger partial charge < -0.3 is 15.0 Å². The highest BCUT2D eigenvalue weighted by molar-refractivity contribution is 8.14. The van der Waals surface area contributed by atoms with Crippen LogP contribution in [-0.4, -0.2) is 36.4 Å². The zero-order chi connectivity index (χ0) is 22.3. The third-order valence-electron chi connectivity index (χ3n) is 4.67. The van der Waals surface area contributed by atoms with Crippen molar-refractivity contribution in [1.82, 2.24) is 0 Å². The molecule has 1 N–H and O–H groups in total. The molecule has 0 saturated heterocycles. The first-order valence-electron chi connectivity index (χ1n) is 9.91. The first-order valence-corrected chi connectivity index (χ1v) is 10.9. The van der Waals surface area contributed by atoms with E-state index in [0.717, 1.165) is 17.0 Å². The molecule has 0 spiro atoms. The Kier molecular flexibility index (Phi) is 6.81. The summed E-state index contributed by atoms with van der Waals surface area (Å²) in [6.45, 7) is 0.321. The molecule has 0 fully saturated rings. The van der Waals surface area contributed by atoms with Crippen molar-refractivity contribution >= 4 is 40.0 Å². The van der Waals surface area contributed by atoms with Crippen molar-refractivity contribution in [2.75, 3.05) is 29.7 Å². The molecule has 0 aromatic heterocycles. The molecule has 162 valence electrons. The Hall–Kier alpha value is -3.65. The van der Waals surface area contributed by atoms with Gasteiger partial charge in [0, 0.05) is 16.9 Å². The van der Waals surface area contributed by atoms with Crippen LogP contribution in [0.1, 0.15) is 5.56 Å². The number of amidine groups is 2. The molecule has 4 rings (SSSR count). The summed E-state index contributed by atoms with van der Waals surface area (Å²) in [6, 6.07) is 22.9. The lowest BCUT2D eigenvalue weighted by atomic mass is 10.2. The number of nitrogens with one attached hydrogen (secondary N) is 1. The van der Waals surface area contributed by atoms with Crippen LogP contribution >= 0.6 is 11.8 Å². The molecule has 8 heteroatoms. The summed E-state index contributed by atoms with van der Waals surface area (Å²) in [5.41, 5.74) is 2.33. The lowest BCUT2D eigenvalue weighted by molar-refractivity contribution is -0.113. The van der Waals surface area contributed by atoms with Crippen LogP contribution in [0, 0.1) is 5.82 Å². The molecule has 1 aliphatic heterocycles. The van der Waals surface area contributed by atoms with Gasteiger partial charge in [-0.25, -0.2) is 14.4 Å². The molecule has 3 aromatic rings. The van der Waals surface area contributed by atoms with E-state index >= 15 is 0 Å². The number of thioether (sulfide) groups is 1. The largest absolute Gasteiger partial charge is 0.497 e. The van der Waals surface area contributed by atoms with E-state index < -0.39 is 0 Å². The Labute approximate surface area is 189 Å². The van der Waals surface area contributed by atoms with E-state index in [4.69, 9.17) is 9.73 Å². The predicted octanol–water partition coefficient (Wildman–Crippen LogP) is 4.79. The number of nitrogens with zero attached hydrogens (tertiary/aromatic N) is 3. The highest BCUT2D eigenvalue weighted by Gasteiger charge is 2.21. The first-order chi connectivity index (χ1) is 15.6. The second-order valence-corrected chi connectivity index (χ2v) is 7.80. The second-order valence-electron chi connectivity index (χ2n) is 6.85. The van der Waals surface area contributed by atoms with Crippen LogP contribution in [0.2, 0.25) is 0 Å². The lowest BCUT2D eigenvalue weighted by Crippen LogP contribution is -2.34. The van der Waals surface area contributed by atoms with Crippen molar-refractivity contribution in [3.8, 4) is 5.75 Å². The zero-order valence-corrected chi connectivity index (χ0v) is 18.2. The summed E-state index contributed by atoms with van der Waals surface area (Å²) in [5, 5.41) is 3.49. The SMILES string of the molecule is COc1ccc(NC(=O)CSC2=NC(c3ccccc3)=NCN2c2ccc(F)cc2)cc1. The van der Waals surface area contributed by atoms with Crippen molar-refractivity contribution < 1.29 is 13.9 Å². The van der Waals surface area contributed by atoms with Gasteiger partial charge in [0.1, 0.15) is 18.2 Å². The van der Waals surface area contributed by atoms with Crippen LogP contribution < -0.4 is 15.0 Å². The maximum atomic E-state index is 13.4. The van der Waals surface area contributed by atoms with E-state index in [-0.39, 0.29) is 17.5 Å². The Morgan fingerprint density at radius 1 is 1.06 bits per heavy atom. The van der Waals surface area contributed by atoms with Crippen molar-refractivity contribution in [2.45, 2.75) is 0 Å². The lowest BCUT2D eigenvalue weighted by Gasteiger charge is -2.27. The van der Waals surface area contributed by atoms with E-state index in [1.165, 1.54) is 23.9 Å². The minimum absolute atomic E-state index is 0.157. The number of benzene rings is 3. The van der Waals surface area contributed by atoms with Gasteiger partial charge in [0.15, 0.2) is 11.0 Å². The van der Waals surface area contributed by atoms with Gasteiger partial charge in [-0.2, -0.15) is 0 Å². The average Bonchev–Trinajstić information content (AvgIpc) is 2.84. The summed E-state index contributed by atoms with van der Waals surface area (Å²) in [4.78, 5) is 23.7. The molecule has 0 unspecified atom stereocenters. The number of hydrogen-bond acceptors (Lipinski definition) is 6. The number of halogens is 1. The number of rotatable bonds is 6. The summed E-state index contributed by atoms with van der Waals surface area (Å²) in [7, 11) is 1.59. The number of carbonyl (C=O) groups is 1. The molecule has 0 atom stereocenters. The standard InChI is InChI=1S/C24H21FN4O2S/c1-31-21-13-9-19(10-14-21)27-22(30)15-32-24-28-23(17-5-3-2-4-6-17)26-16-29(24)20-11-7-18(25)8-12-20/h2-14H,15-16H2,1H3,(H,27,30). The van der Waals surface area contributed by atoms with Crippen molar-refractivity contribution in [3.05, 3.63) is 90.2 Å². The van der Waals surface area contributed by atoms with Crippen LogP contribution in [0.5, 0.6) is 5.75 Å². The molecule has 1 aliphatic rings. The van der Waals surface area contributed by atoms with Gasteiger partial charge in [-0.1, -0.05) is 42.1 Å². The number of ether oxygens (including phenoxy) is 1. The second kappa shape index (κ2) is 10.1. The zero-order valence-electron chi connectivity index (χ0n) is 17.4. The smallest absolute Gasteiger partial charge is 0.234 e. The van der Waals surface area contributed by atoms with E-state index in [9.17, 15) is 9.18 Å². The minimum atomic E-state index is -0.316. The molecule has 0 bridgehead atoms. The van der Waals surface area contributed by atoms with E-state index in [1.54, 1.807) is 43.5 Å². The van der Waals surface area contributed by atoms with Crippen molar-refractivity contribution in [1.29, 1.82) is 0 Å². The number of anilines is 2. The monoisotopic (exact) mass is 448 g/mol. The predicted molar refractivity (Wildman–Crippen MR) is 128 cm³/mol. The molecule has 0 radical (unpaired) electrons. The van der Waals surface area contributed by atoms with Gasteiger partial charge in [-0.15, -0.1) is 0 Å². The molecule has 0 saturated carbocycles. The molecular formula is C24H21FN4O2S. The van der Waals surface area contributed by atoms with E-state index in [1.807, 2.05) is 35.2 Å². The Morgan fingerprint density at radius 3 is 2.47 bits per heavy atom. The normalized spacial score (nSPS) is 13.2. The van der Waals surface area contributed by atoms with E-state index in [2.05, 4.69) is 10.3 Å². The van der Waals surface area contributed by atoms with Crippen LogP contribution in [0.3, 0.4) is 0 Å². The summed E-state index contributed by atoms with van der Waals surface area (Å²) < 4.78 is 18.5. The average molecular weight is 449 g/mol. The highest BCUT2D eigenvalue weighted by Crippen LogP contribution is 2.24. The van der Waals surface area contributed by atoms with Gasteiger partial charge in [-0.3, -0.25) is 4.79 Å². The van der Waals surface area contributed by atoms with Gasteiger partial charge in [-0.05, 0) is 48.5 Å². The summed E-state index contributed by atoms with van der Waals surface area (Å²) in [6.07, 6.45) is 0. The first kappa shape index (κ1) is 21.6. The van der Waals surface area contributed by atoms with Crippen LogP contribution in [0.15, 0.2) is 88.8 Å². The Balaban J connectivity index is 1.50. The van der Waals surface area contributed by atoms with Crippen molar-refractivity contribution in [3.63, 3.8) is 0 Å². The highest BCUT2D eigenvalue weighted by atomic mass is 32.2. The maximum Gasteiger partial charge on any atom is 0.234 e. The van der Waals surface area contributed by atoms with Gasteiger partial charge in [0.05, 0.1) is 12.9 Å². The van der Waals surface area contributed by atoms with Crippen molar-refractivity contribution in [2.24, 2.45) is 9.98 Å². The summed E-state index contributed by atoms with van der Waals surface area (Å²) in [5.74, 6) is 0.999. The molecular weight excluding hydrogens is 427 g/mol. The van der Waals surface area contributed by atoms with Crippen LogP contribution in [0.4, 0.5) is 15.8 Å². The fraction of sp³-hybridized carbons (Fsp3) is 0.125. The topological polar surface area (TPSA) is 66.3 Å². The number of methoxy groups -OCH3 is 1. The summed E-state index contributed by atoms with van der Waals surface area (Å²) >= 11 is 1.30. The third kappa shape index (κ3) is 5.33.